The lowest BCUT2D eigenvalue weighted by atomic mass is 9.99. The maximum absolute atomic E-state index is 12.8. The SMILES string of the molecule is C=CC(=O)N1CC[C@H]1COc1cnccc1-c1ccc(CN(C)C(=O)c2ccc(C(F)(F)F)nc2)c(C)c1. The minimum absolute atomic E-state index is 0.00870. The van der Waals surface area contributed by atoms with Gasteiger partial charge >= 0.3 is 6.18 Å². The molecule has 10 heteroatoms. The molecule has 4 rings (SSSR count). The third-order valence-corrected chi connectivity index (χ3v) is 6.53. The predicted molar refractivity (Wildman–Crippen MR) is 135 cm³/mol. The molecule has 0 aliphatic carbocycles. The van der Waals surface area contributed by atoms with Crippen molar-refractivity contribution in [3.05, 3.63) is 90.0 Å². The van der Waals surface area contributed by atoms with Gasteiger partial charge in [-0.15, -0.1) is 0 Å². The van der Waals surface area contributed by atoms with Crippen LogP contribution < -0.4 is 4.74 Å². The summed E-state index contributed by atoms with van der Waals surface area (Å²) in [6.07, 6.45) is 1.86. The fraction of sp³-hybridized carbons (Fsp3) is 0.286. The van der Waals surface area contributed by atoms with Crippen LogP contribution in [0.5, 0.6) is 5.75 Å². The predicted octanol–water partition coefficient (Wildman–Crippen LogP) is 4.91. The van der Waals surface area contributed by atoms with Gasteiger partial charge in [0, 0.05) is 38.1 Å². The molecule has 1 atom stereocenters. The zero-order valence-electron chi connectivity index (χ0n) is 21.0. The Hall–Kier alpha value is -4.21. The lowest BCUT2D eigenvalue weighted by Gasteiger charge is -2.40. The van der Waals surface area contributed by atoms with Gasteiger partial charge in [-0.2, -0.15) is 13.2 Å². The molecule has 7 nitrogen and oxygen atoms in total. The van der Waals surface area contributed by atoms with Gasteiger partial charge in [-0.05, 0) is 54.3 Å². The molecular formula is C28H27F3N4O3. The average molecular weight is 525 g/mol. The largest absolute Gasteiger partial charge is 0.489 e. The maximum Gasteiger partial charge on any atom is 0.433 e. The Kier molecular flexibility index (Phi) is 7.80. The first-order valence-electron chi connectivity index (χ1n) is 12.0. The Bertz CT molecular complexity index is 1340. The second-order valence-corrected chi connectivity index (χ2v) is 9.09. The van der Waals surface area contributed by atoms with Gasteiger partial charge in [0.05, 0.1) is 17.8 Å². The number of amides is 2. The normalized spacial score (nSPS) is 15.0. The lowest BCUT2D eigenvalue weighted by molar-refractivity contribution is -0.141. The van der Waals surface area contributed by atoms with E-state index in [1.807, 2.05) is 31.2 Å². The van der Waals surface area contributed by atoms with E-state index in [2.05, 4.69) is 16.5 Å². The fourth-order valence-electron chi connectivity index (χ4n) is 4.22. The fourth-order valence-corrected chi connectivity index (χ4v) is 4.22. The maximum atomic E-state index is 12.8. The number of nitrogens with zero attached hydrogens (tertiary/aromatic N) is 4. The number of halogens is 3. The third kappa shape index (κ3) is 5.85. The summed E-state index contributed by atoms with van der Waals surface area (Å²) in [5.74, 6) is 0.0552. The molecule has 2 aromatic heterocycles. The number of carbonyl (C=O) groups excluding carboxylic acids is 2. The van der Waals surface area contributed by atoms with Gasteiger partial charge in [-0.25, -0.2) is 0 Å². The molecule has 0 bridgehead atoms. The molecule has 1 fully saturated rings. The second kappa shape index (κ2) is 11.0. The Balaban J connectivity index is 1.44. The molecule has 198 valence electrons. The average Bonchev–Trinajstić information content (AvgIpc) is 2.88. The molecule has 1 aliphatic rings. The molecule has 1 aliphatic heterocycles. The molecule has 0 N–H and O–H groups in total. The first kappa shape index (κ1) is 26.8. The zero-order valence-corrected chi connectivity index (χ0v) is 21.0. The molecule has 0 radical (unpaired) electrons. The third-order valence-electron chi connectivity index (χ3n) is 6.53. The van der Waals surface area contributed by atoms with E-state index < -0.39 is 17.8 Å². The standard InChI is InChI=1S/C28H27F3N4O3/c1-4-26(36)35-12-10-22(35)17-38-24-15-32-11-9-23(24)19-5-6-21(18(2)13-19)16-34(3)27(37)20-7-8-25(33-14-20)28(29,30)31/h4-9,11,13-15,22H,1,10,12,16-17H2,2-3H3/t22-/m0/s1. The molecule has 2 amide bonds. The highest BCUT2D eigenvalue weighted by Gasteiger charge is 2.33. The van der Waals surface area contributed by atoms with Crippen LogP contribution in [0.4, 0.5) is 13.2 Å². The Labute approximate surface area is 218 Å². The van der Waals surface area contributed by atoms with Gasteiger partial charge in [-0.1, -0.05) is 24.8 Å². The van der Waals surface area contributed by atoms with Crippen LogP contribution in [0, 0.1) is 6.92 Å². The molecule has 38 heavy (non-hydrogen) atoms. The number of pyridine rings is 2. The zero-order chi connectivity index (χ0) is 27.4. The van der Waals surface area contributed by atoms with Crippen LogP contribution in [0.2, 0.25) is 0 Å². The van der Waals surface area contributed by atoms with Crippen molar-refractivity contribution in [1.82, 2.24) is 19.8 Å². The minimum atomic E-state index is -4.56. The number of rotatable bonds is 8. The Morgan fingerprint density at radius 3 is 2.61 bits per heavy atom. The number of hydrogen-bond acceptors (Lipinski definition) is 5. The van der Waals surface area contributed by atoms with Gasteiger partial charge in [0.25, 0.3) is 5.91 Å². The number of benzene rings is 1. The van der Waals surface area contributed by atoms with Crippen LogP contribution in [0.25, 0.3) is 11.1 Å². The summed E-state index contributed by atoms with van der Waals surface area (Å²) in [6.45, 7) is 6.76. The summed E-state index contributed by atoms with van der Waals surface area (Å²) in [5, 5.41) is 0. The molecule has 1 aromatic carbocycles. The monoisotopic (exact) mass is 524 g/mol. The van der Waals surface area contributed by atoms with Crippen LogP contribution in [0.15, 0.2) is 67.6 Å². The quantitative estimate of drug-likeness (QED) is 0.392. The first-order chi connectivity index (χ1) is 18.1. The van der Waals surface area contributed by atoms with Crippen LogP contribution in [-0.2, 0) is 17.5 Å². The van der Waals surface area contributed by atoms with E-state index >= 15 is 0 Å². The van der Waals surface area contributed by atoms with Gasteiger partial charge in [-0.3, -0.25) is 19.6 Å². The van der Waals surface area contributed by atoms with Crippen molar-refractivity contribution in [2.24, 2.45) is 0 Å². The number of aromatic nitrogens is 2. The van der Waals surface area contributed by atoms with Gasteiger partial charge in [0.1, 0.15) is 18.1 Å². The highest BCUT2D eigenvalue weighted by atomic mass is 19.4. The van der Waals surface area contributed by atoms with E-state index in [0.29, 0.717) is 18.9 Å². The van der Waals surface area contributed by atoms with Crippen molar-refractivity contribution in [3.63, 3.8) is 0 Å². The van der Waals surface area contributed by atoms with Crippen LogP contribution >= 0.6 is 0 Å². The first-order valence-corrected chi connectivity index (χ1v) is 12.0. The molecule has 0 spiro atoms. The summed E-state index contributed by atoms with van der Waals surface area (Å²) in [6, 6.07) is 9.57. The molecular weight excluding hydrogens is 497 g/mol. The van der Waals surface area contributed by atoms with E-state index in [0.717, 1.165) is 47.0 Å². The van der Waals surface area contributed by atoms with Gasteiger partial charge in [0.15, 0.2) is 0 Å². The number of carbonyl (C=O) groups is 2. The van der Waals surface area contributed by atoms with Crippen molar-refractivity contribution in [3.8, 4) is 16.9 Å². The van der Waals surface area contributed by atoms with Crippen molar-refractivity contribution in [2.75, 3.05) is 20.2 Å². The van der Waals surface area contributed by atoms with E-state index in [4.69, 9.17) is 4.74 Å². The summed E-state index contributed by atoms with van der Waals surface area (Å²) >= 11 is 0. The lowest BCUT2D eigenvalue weighted by Crippen LogP contribution is -2.53. The number of alkyl halides is 3. The summed E-state index contributed by atoms with van der Waals surface area (Å²) in [7, 11) is 1.59. The molecule has 3 aromatic rings. The number of ether oxygens (including phenoxy) is 1. The molecule has 0 unspecified atom stereocenters. The van der Waals surface area contributed by atoms with Crippen LogP contribution in [0.1, 0.15) is 33.6 Å². The van der Waals surface area contributed by atoms with E-state index in [1.165, 1.54) is 11.0 Å². The molecule has 0 saturated carbocycles. The number of likely N-dealkylation sites (tertiary alicyclic amines) is 1. The van der Waals surface area contributed by atoms with E-state index in [1.54, 1.807) is 24.3 Å². The Morgan fingerprint density at radius 1 is 1.21 bits per heavy atom. The Morgan fingerprint density at radius 2 is 2.00 bits per heavy atom. The van der Waals surface area contributed by atoms with Crippen LogP contribution in [-0.4, -0.2) is 57.8 Å². The molecule has 1 saturated heterocycles. The number of hydrogen-bond donors (Lipinski definition) is 0. The van der Waals surface area contributed by atoms with Crippen molar-refractivity contribution in [2.45, 2.75) is 32.1 Å². The van der Waals surface area contributed by atoms with Crippen molar-refractivity contribution < 1.29 is 27.5 Å². The van der Waals surface area contributed by atoms with E-state index in [-0.39, 0.29) is 24.1 Å². The van der Waals surface area contributed by atoms with Crippen molar-refractivity contribution in [1.29, 1.82) is 0 Å². The van der Waals surface area contributed by atoms with Crippen molar-refractivity contribution >= 4 is 11.8 Å². The summed E-state index contributed by atoms with van der Waals surface area (Å²) in [4.78, 5) is 35.3. The molecule has 3 heterocycles. The van der Waals surface area contributed by atoms with Crippen LogP contribution in [0.3, 0.4) is 0 Å². The topological polar surface area (TPSA) is 75.6 Å². The summed E-state index contributed by atoms with van der Waals surface area (Å²) < 4.78 is 44.3. The van der Waals surface area contributed by atoms with Gasteiger partial charge in [0.2, 0.25) is 5.91 Å². The highest BCUT2D eigenvalue weighted by Crippen LogP contribution is 2.32. The smallest absolute Gasteiger partial charge is 0.433 e. The second-order valence-electron chi connectivity index (χ2n) is 9.09. The van der Waals surface area contributed by atoms with E-state index in [9.17, 15) is 22.8 Å². The summed E-state index contributed by atoms with van der Waals surface area (Å²) in [5.41, 5.74) is 2.59. The number of aryl methyl sites for hydroxylation is 1. The minimum Gasteiger partial charge on any atom is -0.489 e. The van der Waals surface area contributed by atoms with Gasteiger partial charge < -0.3 is 14.5 Å². The highest BCUT2D eigenvalue weighted by molar-refractivity contribution is 5.93.